The van der Waals surface area contributed by atoms with Crippen molar-refractivity contribution in [3.05, 3.63) is 0 Å². The van der Waals surface area contributed by atoms with Gasteiger partial charge in [-0.2, -0.15) is 0 Å². The van der Waals surface area contributed by atoms with Gasteiger partial charge in [-0.3, -0.25) is 0 Å². The highest BCUT2D eigenvalue weighted by Crippen LogP contribution is 2.23. The SMILES string of the molecule is CC1(C)CC(NC(N)=S)CCO1. The zero-order chi connectivity index (χ0) is 9.19. The van der Waals surface area contributed by atoms with E-state index in [4.69, 9.17) is 22.7 Å². The van der Waals surface area contributed by atoms with Crippen LogP contribution in [0.25, 0.3) is 0 Å². The van der Waals surface area contributed by atoms with Crippen molar-refractivity contribution in [3.63, 3.8) is 0 Å². The molecular weight excluding hydrogens is 172 g/mol. The van der Waals surface area contributed by atoms with Crippen molar-refractivity contribution in [2.45, 2.75) is 38.3 Å². The third kappa shape index (κ3) is 2.95. The summed E-state index contributed by atoms with van der Waals surface area (Å²) in [5.41, 5.74) is 5.35. The Balaban J connectivity index is 2.41. The summed E-state index contributed by atoms with van der Waals surface area (Å²) in [5, 5.41) is 3.45. The Kier molecular flexibility index (Phi) is 2.90. The number of hydrogen-bond donors (Lipinski definition) is 2. The van der Waals surface area contributed by atoms with Crippen LogP contribution in [-0.4, -0.2) is 23.4 Å². The lowest BCUT2D eigenvalue weighted by atomic mass is 9.94. The van der Waals surface area contributed by atoms with Crippen molar-refractivity contribution in [2.24, 2.45) is 5.73 Å². The van der Waals surface area contributed by atoms with Crippen molar-refractivity contribution >= 4 is 17.3 Å². The fourth-order valence-corrected chi connectivity index (χ4v) is 1.72. The number of rotatable bonds is 1. The second-order valence-electron chi connectivity index (χ2n) is 3.81. The second kappa shape index (κ2) is 3.58. The molecule has 1 heterocycles. The third-order valence-electron chi connectivity index (χ3n) is 2.04. The lowest BCUT2D eigenvalue weighted by molar-refractivity contribution is -0.0604. The van der Waals surface area contributed by atoms with Gasteiger partial charge in [0.05, 0.1) is 5.60 Å². The van der Waals surface area contributed by atoms with Gasteiger partial charge in [0.25, 0.3) is 0 Å². The predicted molar refractivity (Wildman–Crippen MR) is 53.0 cm³/mol. The maximum Gasteiger partial charge on any atom is 0.163 e. The third-order valence-corrected chi connectivity index (χ3v) is 2.16. The zero-order valence-electron chi connectivity index (χ0n) is 7.59. The van der Waals surface area contributed by atoms with Crippen LogP contribution in [0.4, 0.5) is 0 Å². The number of ether oxygens (including phenoxy) is 1. The van der Waals surface area contributed by atoms with Crippen molar-refractivity contribution in [3.8, 4) is 0 Å². The lowest BCUT2D eigenvalue weighted by Gasteiger charge is -2.35. The molecule has 3 nitrogen and oxygen atoms in total. The van der Waals surface area contributed by atoms with Crippen molar-refractivity contribution in [1.29, 1.82) is 0 Å². The molecule has 0 aliphatic carbocycles. The standard InChI is InChI=1S/C8H16N2OS/c1-8(2)5-6(3-4-11-8)10-7(9)12/h6H,3-5H2,1-2H3,(H3,9,10,12). The van der Waals surface area contributed by atoms with Crippen LogP contribution in [-0.2, 0) is 4.74 Å². The summed E-state index contributed by atoms with van der Waals surface area (Å²) in [7, 11) is 0. The zero-order valence-corrected chi connectivity index (χ0v) is 8.41. The van der Waals surface area contributed by atoms with Crippen LogP contribution in [0.5, 0.6) is 0 Å². The van der Waals surface area contributed by atoms with E-state index >= 15 is 0 Å². The average Bonchev–Trinajstić information content (AvgIpc) is 1.82. The average molecular weight is 188 g/mol. The summed E-state index contributed by atoms with van der Waals surface area (Å²) in [6, 6.07) is 0.381. The predicted octanol–water partition coefficient (Wildman–Crippen LogP) is 0.777. The summed E-state index contributed by atoms with van der Waals surface area (Å²) in [5.74, 6) is 0. The van der Waals surface area contributed by atoms with Gasteiger partial charge in [0.15, 0.2) is 5.11 Å². The fourth-order valence-electron chi connectivity index (χ4n) is 1.56. The van der Waals surface area contributed by atoms with Gasteiger partial charge >= 0.3 is 0 Å². The Labute approximate surface area is 78.7 Å². The van der Waals surface area contributed by atoms with E-state index in [0.29, 0.717) is 11.2 Å². The topological polar surface area (TPSA) is 47.3 Å². The largest absolute Gasteiger partial charge is 0.376 e. The maximum absolute atomic E-state index is 5.55. The molecule has 1 aliphatic heterocycles. The van der Waals surface area contributed by atoms with Crippen LogP contribution in [0, 0.1) is 0 Å². The Bertz CT molecular complexity index is 182. The highest BCUT2D eigenvalue weighted by atomic mass is 32.1. The number of nitrogens with two attached hydrogens (primary N) is 1. The summed E-state index contributed by atoms with van der Waals surface area (Å²) < 4.78 is 5.55. The number of nitrogens with one attached hydrogen (secondary N) is 1. The minimum Gasteiger partial charge on any atom is -0.376 e. The van der Waals surface area contributed by atoms with E-state index in [1.807, 2.05) is 0 Å². The molecule has 1 unspecified atom stereocenters. The first-order valence-corrected chi connectivity index (χ1v) is 4.60. The Morgan fingerprint density at radius 2 is 2.33 bits per heavy atom. The van der Waals surface area contributed by atoms with Crippen molar-refractivity contribution in [1.82, 2.24) is 5.32 Å². The fraction of sp³-hybridized carbons (Fsp3) is 0.875. The quantitative estimate of drug-likeness (QED) is 0.597. The van der Waals surface area contributed by atoms with E-state index in [9.17, 15) is 0 Å². The van der Waals surface area contributed by atoms with Gasteiger partial charge in [0.2, 0.25) is 0 Å². The molecule has 0 aromatic rings. The highest BCUT2D eigenvalue weighted by molar-refractivity contribution is 7.80. The first kappa shape index (κ1) is 9.74. The van der Waals surface area contributed by atoms with E-state index in [1.165, 1.54) is 0 Å². The van der Waals surface area contributed by atoms with Crippen molar-refractivity contribution in [2.75, 3.05) is 6.61 Å². The molecule has 12 heavy (non-hydrogen) atoms. The molecule has 0 aromatic carbocycles. The van der Waals surface area contributed by atoms with E-state index in [-0.39, 0.29) is 5.60 Å². The Morgan fingerprint density at radius 3 is 2.83 bits per heavy atom. The van der Waals surface area contributed by atoms with Gasteiger partial charge in [0.1, 0.15) is 0 Å². The number of thiocarbonyl (C=S) groups is 1. The molecule has 4 heteroatoms. The highest BCUT2D eigenvalue weighted by Gasteiger charge is 2.28. The molecule has 0 aromatic heterocycles. The van der Waals surface area contributed by atoms with Gasteiger partial charge in [-0.05, 0) is 38.9 Å². The van der Waals surface area contributed by atoms with Gasteiger partial charge in [-0.15, -0.1) is 0 Å². The molecule has 1 saturated heterocycles. The summed E-state index contributed by atoms with van der Waals surface area (Å²) >= 11 is 4.78. The molecule has 0 bridgehead atoms. The van der Waals surface area contributed by atoms with Gasteiger partial charge in [-0.1, -0.05) is 0 Å². The molecule has 3 N–H and O–H groups in total. The van der Waals surface area contributed by atoms with E-state index in [0.717, 1.165) is 19.4 Å². The molecule has 70 valence electrons. The minimum atomic E-state index is -0.0410. The second-order valence-corrected chi connectivity index (χ2v) is 4.25. The number of hydrogen-bond acceptors (Lipinski definition) is 2. The Hall–Kier alpha value is -0.350. The maximum atomic E-state index is 5.55. The van der Waals surface area contributed by atoms with E-state index in [1.54, 1.807) is 0 Å². The molecule has 1 rings (SSSR count). The molecule has 1 aliphatic rings. The first-order chi connectivity index (χ1) is 5.49. The van der Waals surface area contributed by atoms with Gasteiger partial charge in [0, 0.05) is 12.6 Å². The summed E-state index contributed by atoms with van der Waals surface area (Å²) in [4.78, 5) is 0. The first-order valence-electron chi connectivity index (χ1n) is 4.19. The molecular formula is C8H16N2OS. The van der Waals surface area contributed by atoms with Gasteiger partial charge in [-0.25, -0.2) is 0 Å². The molecule has 1 atom stereocenters. The van der Waals surface area contributed by atoms with E-state index < -0.39 is 0 Å². The van der Waals surface area contributed by atoms with Crippen molar-refractivity contribution < 1.29 is 4.74 Å². The van der Waals surface area contributed by atoms with Gasteiger partial charge < -0.3 is 15.8 Å². The molecule has 0 radical (unpaired) electrons. The smallest absolute Gasteiger partial charge is 0.163 e. The summed E-state index contributed by atoms with van der Waals surface area (Å²) in [6.07, 6.45) is 1.95. The van der Waals surface area contributed by atoms with Crippen LogP contribution in [0.2, 0.25) is 0 Å². The van der Waals surface area contributed by atoms with Crippen LogP contribution in [0.3, 0.4) is 0 Å². The normalized spacial score (nSPS) is 28.0. The van der Waals surface area contributed by atoms with Crippen LogP contribution >= 0.6 is 12.2 Å². The van der Waals surface area contributed by atoms with E-state index in [2.05, 4.69) is 19.2 Å². The Morgan fingerprint density at radius 1 is 1.67 bits per heavy atom. The summed E-state index contributed by atoms with van der Waals surface area (Å²) in [6.45, 7) is 4.95. The van der Waals surface area contributed by atoms with Crippen LogP contribution in [0.1, 0.15) is 26.7 Å². The van der Waals surface area contributed by atoms with Crippen LogP contribution in [0.15, 0.2) is 0 Å². The minimum absolute atomic E-state index is 0.0410. The monoisotopic (exact) mass is 188 g/mol. The molecule has 1 fully saturated rings. The molecule has 0 amide bonds. The molecule has 0 saturated carbocycles. The molecule has 0 spiro atoms. The van der Waals surface area contributed by atoms with Crippen LogP contribution < -0.4 is 11.1 Å². The lowest BCUT2D eigenvalue weighted by Crippen LogP contribution is -2.47.